The van der Waals surface area contributed by atoms with Gasteiger partial charge >= 0.3 is 5.97 Å². The number of nitrogen functional groups attached to an aromatic ring is 1. The van der Waals surface area contributed by atoms with E-state index in [0.717, 1.165) is 16.1 Å². The van der Waals surface area contributed by atoms with E-state index in [-0.39, 0.29) is 0 Å². The van der Waals surface area contributed by atoms with Crippen LogP contribution in [0, 0.1) is 0 Å². The van der Waals surface area contributed by atoms with Crippen molar-refractivity contribution in [2.24, 2.45) is 5.73 Å². The zero-order chi connectivity index (χ0) is 12.1. The van der Waals surface area contributed by atoms with Crippen LogP contribution in [0.25, 0.3) is 0 Å². The SMILES string of the molecule is COC(=O)[C@@H](N)Cc1ccc(N)c(SC)c1. The standard InChI is InChI=1S/C11H16N2O2S/c1-15-11(14)9(13)5-7-3-4-8(12)10(6-7)16-2/h3-4,6,9H,5,12-13H2,1-2H3/t9-/m0/s1. The second-order valence-electron chi connectivity index (χ2n) is 3.41. The van der Waals surface area contributed by atoms with Gasteiger partial charge in [-0.3, -0.25) is 4.79 Å². The van der Waals surface area contributed by atoms with Crippen molar-refractivity contribution in [3.8, 4) is 0 Å². The van der Waals surface area contributed by atoms with Crippen molar-refractivity contribution in [1.29, 1.82) is 0 Å². The molecule has 0 fully saturated rings. The van der Waals surface area contributed by atoms with Crippen molar-refractivity contribution in [2.45, 2.75) is 17.4 Å². The quantitative estimate of drug-likeness (QED) is 0.467. The number of ether oxygens (including phenoxy) is 1. The van der Waals surface area contributed by atoms with Crippen molar-refractivity contribution < 1.29 is 9.53 Å². The van der Waals surface area contributed by atoms with Crippen molar-refractivity contribution in [1.82, 2.24) is 0 Å². The van der Waals surface area contributed by atoms with Crippen LogP contribution in [0.15, 0.2) is 23.1 Å². The van der Waals surface area contributed by atoms with E-state index >= 15 is 0 Å². The van der Waals surface area contributed by atoms with Gasteiger partial charge in [0.25, 0.3) is 0 Å². The molecule has 0 amide bonds. The fraction of sp³-hybridized carbons (Fsp3) is 0.364. The van der Waals surface area contributed by atoms with Crippen LogP contribution in [0.2, 0.25) is 0 Å². The van der Waals surface area contributed by atoms with Gasteiger partial charge < -0.3 is 16.2 Å². The Morgan fingerprint density at radius 2 is 2.25 bits per heavy atom. The average molecular weight is 240 g/mol. The summed E-state index contributed by atoms with van der Waals surface area (Å²) in [6.45, 7) is 0. The molecule has 1 aromatic rings. The molecule has 0 saturated heterocycles. The molecule has 1 atom stereocenters. The summed E-state index contributed by atoms with van der Waals surface area (Å²) in [5.41, 5.74) is 13.2. The highest BCUT2D eigenvalue weighted by atomic mass is 32.2. The molecule has 5 heteroatoms. The first-order chi connectivity index (χ1) is 7.58. The number of hydrogen-bond donors (Lipinski definition) is 2. The molecule has 0 heterocycles. The molecule has 0 aliphatic rings. The number of carbonyl (C=O) groups excluding carboxylic acids is 1. The first kappa shape index (κ1) is 12.9. The number of benzene rings is 1. The van der Waals surface area contributed by atoms with Crippen LogP contribution in [-0.2, 0) is 16.0 Å². The Hall–Kier alpha value is -1.20. The van der Waals surface area contributed by atoms with Gasteiger partial charge in [-0.25, -0.2) is 0 Å². The number of methoxy groups -OCH3 is 1. The normalized spacial score (nSPS) is 12.2. The zero-order valence-electron chi connectivity index (χ0n) is 9.40. The molecule has 1 aromatic carbocycles. The second kappa shape index (κ2) is 5.77. The van der Waals surface area contributed by atoms with Gasteiger partial charge in [-0.2, -0.15) is 0 Å². The van der Waals surface area contributed by atoms with Crippen molar-refractivity contribution >= 4 is 23.4 Å². The number of rotatable bonds is 4. The minimum Gasteiger partial charge on any atom is -0.468 e. The summed E-state index contributed by atoms with van der Waals surface area (Å²) in [5.74, 6) is -0.400. The maximum atomic E-state index is 11.2. The van der Waals surface area contributed by atoms with E-state index in [0.29, 0.717) is 6.42 Å². The van der Waals surface area contributed by atoms with Crippen LogP contribution in [0.1, 0.15) is 5.56 Å². The smallest absolute Gasteiger partial charge is 0.322 e. The molecule has 0 aliphatic heterocycles. The number of esters is 1. The topological polar surface area (TPSA) is 78.3 Å². The molecule has 0 aliphatic carbocycles. The van der Waals surface area contributed by atoms with Crippen LogP contribution in [0.3, 0.4) is 0 Å². The van der Waals surface area contributed by atoms with E-state index in [2.05, 4.69) is 4.74 Å². The number of nitrogens with two attached hydrogens (primary N) is 2. The largest absolute Gasteiger partial charge is 0.468 e. The van der Waals surface area contributed by atoms with E-state index < -0.39 is 12.0 Å². The van der Waals surface area contributed by atoms with E-state index in [1.165, 1.54) is 7.11 Å². The predicted octanol–water partition coefficient (Wildman–Crippen LogP) is 1.03. The molecule has 88 valence electrons. The number of hydrogen-bond acceptors (Lipinski definition) is 5. The lowest BCUT2D eigenvalue weighted by molar-refractivity contribution is -0.142. The van der Waals surface area contributed by atoms with Gasteiger partial charge in [0, 0.05) is 10.6 Å². The summed E-state index contributed by atoms with van der Waals surface area (Å²) < 4.78 is 4.57. The third-order valence-corrected chi connectivity index (χ3v) is 3.05. The monoisotopic (exact) mass is 240 g/mol. The van der Waals surface area contributed by atoms with Crippen LogP contribution in [0.4, 0.5) is 5.69 Å². The summed E-state index contributed by atoms with van der Waals surface area (Å²) in [4.78, 5) is 12.2. The number of anilines is 1. The Kier molecular flexibility index (Phi) is 4.64. The zero-order valence-corrected chi connectivity index (χ0v) is 10.2. The molecule has 4 N–H and O–H groups in total. The Morgan fingerprint density at radius 1 is 1.56 bits per heavy atom. The Labute approximate surface area is 99.3 Å². The molecule has 0 bridgehead atoms. The summed E-state index contributed by atoms with van der Waals surface area (Å²) >= 11 is 1.57. The fourth-order valence-corrected chi connectivity index (χ4v) is 1.94. The lowest BCUT2D eigenvalue weighted by Crippen LogP contribution is -2.33. The summed E-state index contributed by atoms with van der Waals surface area (Å²) in [7, 11) is 1.33. The van der Waals surface area contributed by atoms with Gasteiger partial charge in [0.15, 0.2) is 0 Å². The molecular weight excluding hydrogens is 224 g/mol. The van der Waals surface area contributed by atoms with Crippen molar-refractivity contribution in [2.75, 3.05) is 19.1 Å². The summed E-state index contributed by atoms with van der Waals surface area (Å²) in [5, 5.41) is 0. The van der Waals surface area contributed by atoms with Crippen LogP contribution in [-0.4, -0.2) is 25.4 Å². The number of carbonyl (C=O) groups is 1. The molecule has 16 heavy (non-hydrogen) atoms. The Bertz CT molecular complexity index is 382. The van der Waals surface area contributed by atoms with Gasteiger partial charge in [-0.1, -0.05) is 6.07 Å². The first-order valence-corrected chi connectivity index (χ1v) is 6.06. The third-order valence-electron chi connectivity index (χ3n) is 2.26. The highest BCUT2D eigenvalue weighted by molar-refractivity contribution is 7.98. The van der Waals surface area contributed by atoms with E-state index in [1.54, 1.807) is 11.8 Å². The van der Waals surface area contributed by atoms with Gasteiger partial charge in [0.1, 0.15) is 6.04 Å². The minimum atomic E-state index is -0.622. The second-order valence-corrected chi connectivity index (χ2v) is 4.26. The van der Waals surface area contributed by atoms with Crippen LogP contribution >= 0.6 is 11.8 Å². The summed E-state index contributed by atoms with van der Waals surface area (Å²) in [6, 6.07) is 5.02. The highest BCUT2D eigenvalue weighted by Gasteiger charge is 2.14. The predicted molar refractivity (Wildman–Crippen MR) is 66.3 cm³/mol. The summed E-state index contributed by atoms with van der Waals surface area (Å²) in [6.07, 6.45) is 2.41. The third kappa shape index (κ3) is 3.15. The molecule has 0 saturated carbocycles. The van der Waals surface area contributed by atoms with Gasteiger partial charge in [0.2, 0.25) is 0 Å². The average Bonchev–Trinajstić information content (AvgIpc) is 2.30. The van der Waals surface area contributed by atoms with Crippen LogP contribution in [0.5, 0.6) is 0 Å². The Balaban J connectivity index is 2.78. The Morgan fingerprint density at radius 3 is 2.81 bits per heavy atom. The van der Waals surface area contributed by atoms with Gasteiger partial charge in [-0.05, 0) is 30.4 Å². The molecular formula is C11H16N2O2S. The molecule has 0 unspecified atom stereocenters. The van der Waals surface area contributed by atoms with Crippen molar-refractivity contribution in [3.05, 3.63) is 23.8 Å². The van der Waals surface area contributed by atoms with E-state index in [1.807, 2.05) is 24.5 Å². The molecule has 1 rings (SSSR count). The van der Waals surface area contributed by atoms with Crippen molar-refractivity contribution in [3.63, 3.8) is 0 Å². The van der Waals surface area contributed by atoms with Crippen LogP contribution < -0.4 is 11.5 Å². The first-order valence-electron chi connectivity index (χ1n) is 4.84. The molecule has 4 nitrogen and oxygen atoms in total. The van der Waals surface area contributed by atoms with Gasteiger partial charge in [0.05, 0.1) is 7.11 Å². The molecule has 0 spiro atoms. The molecule has 0 aromatic heterocycles. The van der Waals surface area contributed by atoms with Gasteiger partial charge in [-0.15, -0.1) is 11.8 Å². The maximum absolute atomic E-state index is 11.2. The fourth-order valence-electron chi connectivity index (χ4n) is 1.37. The van der Waals surface area contributed by atoms with E-state index in [9.17, 15) is 4.79 Å². The lowest BCUT2D eigenvalue weighted by atomic mass is 10.1. The highest BCUT2D eigenvalue weighted by Crippen LogP contribution is 2.24. The number of thioether (sulfide) groups is 1. The van der Waals surface area contributed by atoms with E-state index in [4.69, 9.17) is 11.5 Å². The molecule has 0 radical (unpaired) electrons. The maximum Gasteiger partial charge on any atom is 0.322 e. The lowest BCUT2D eigenvalue weighted by Gasteiger charge is -2.10. The minimum absolute atomic E-state index is 0.400.